The lowest BCUT2D eigenvalue weighted by Crippen LogP contribution is -2.17. The van der Waals surface area contributed by atoms with Crippen molar-refractivity contribution in [1.29, 1.82) is 0 Å². The second kappa shape index (κ2) is 5.58. The third kappa shape index (κ3) is 3.03. The lowest BCUT2D eigenvalue weighted by atomic mass is 10.1. The van der Waals surface area contributed by atoms with Gasteiger partial charge in [0.25, 0.3) is 0 Å². The summed E-state index contributed by atoms with van der Waals surface area (Å²) >= 11 is 0. The van der Waals surface area contributed by atoms with Crippen LogP contribution in [0.4, 0.5) is 15.8 Å². The molecule has 0 radical (unpaired) electrons. The maximum atomic E-state index is 13.3. The zero-order valence-corrected chi connectivity index (χ0v) is 10.3. The highest BCUT2D eigenvalue weighted by molar-refractivity contribution is 5.66. The average Bonchev–Trinajstić information content (AvgIpc) is 2.86. The number of hydrogen-bond donors (Lipinski definition) is 2. The lowest BCUT2D eigenvalue weighted by Gasteiger charge is -2.16. The molecular weight excluding hydrogens is 231 g/mol. The Morgan fingerprint density at radius 3 is 2.89 bits per heavy atom. The molecule has 0 saturated heterocycles. The summed E-state index contributed by atoms with van der Waals surface area (Å²) in [7, 11) is 0. The van der Waals surface area contributed by atoms with Gasteiger partial charge >= 0.3 is 0 Å². The predicted octanol–water partition coefficient (Wildman–Crippen LogP) is 3.43. The van der Waals surface area contributed by atoms with Gasteiger partial charge in [-0.25, -0.2) is 4.39 Å². The van der Waals surface area contributed by atoms with Gasteiger partial charge in [-0.1, -0.05) is 6.07 Å². The number of nitrogen functional groups attached to an aromatic ring is 1. The predicted molar refractivity (Wildman–Crippen MR) is 70.9 cm³/mol. The minimum absolute atomic E-state index is 0.169. The smallest absolute Gasteiger partial charge is 0.148 e. The van der Waals surface area contributed by atoms with Crippen molar-refractivity contribution in [2.75, 3.05) is 11.1 Å². The van der Waals surface area contributed by atoms with E-state index in [1.807, 2.05) is 19.1 Å². The Balaban J connectivity index is 1.90. The van der Waals surface area contributed by atoms with Crippen LogP contribution in [0.1, 0.15) is 19.1 Å². The zero-order chi connectivity index (χ0) is 13.0. The summed E-state index contributed by atoms with van der Waals surface area (Å²) in [5.74, 6) is 0.564. The van der Waals surface area contributed by atoms with Crippen LogP contribution >= 0.6 is 0 Å². The molecule has 1 heterocycles. The van der Waals surface area contributed by atoms with Crippen molar-refractivity contribution < 1.29 is 8.81 Å². The minimum Gasteiger partial charge on any atom is -0.469 e. The quantitative estimate of drug-likeness (QED) is 0.797. The summed E-state index contributed by atoms with van der Waals surface area (Å²) in [5.41, 5.74) is 6.48. The first-order chi connectivity index (χ1) is 8.66. The third-order valence-corrected chi connectivity index (χ3v) is 2.86. The highest BCUT2D eigenvalue weighted by Gasteiger charge is 2.08. The number of rotatable bonds is 5. The van der Waals surface area contributed by atoms with Gasteiger partial charge in [-0.05, 0) is 37.6 Å². The van der Waals surface area contributed by atoms with Gasteiger partial charge in [0.15, 0.2) is 0 Å². The Kier molecular flexibility index (Phi) is 3.87. The van der Waals surface area contributed by atoms with E-state index in [1.165, 1.54) is 6.07 Å². The maximum Gasteiger partial charge on any atom is 0.148 e. The monoisotopic (exact) mass is 248 g/mol. The van der Waals surface area contributed by atoms with Gasteiger partial charge in [0.1, 0.15) is 11.6 Å². The molecule has 3 N–H and O–H groups in total. The van der Waals surface area contributed by atoms with E-state index in [0.717, 1.165) is 18.6 Å². The van der Waals surface area contributed by atoms with Gasteiger partial charge in [-0.15, -0.1) is 0 Å². The molecule has 0 amide bonds. The van der Waals surface area contributed by atoms with Crippen molar-refractivity contribution in [3.8, 4) is 0 Å². The van der Waals surface area contributed by atoms with Crippen LogP contribution in [0.3, 0.4) is 0 Å². The van der Waals surface area contributed by atoms with Gasteiger partial charge in [-0.3, -0.25) is 0 Å². The molecule has 3 nitrogen and oxygen atoms in total. The lowest BCUT2D eigenvalue weighted by molar-refractivity contribution is 0.495. The molecular formula is C14H17FN2O. The Morgan fingerprint density at radius 1 is 1.33 bits per heavy atom. The van der Waals surface area contributed by atoms with Crippen molar-refractivity contribution in [1.82, 2.24) is 0 Å². The van der Waals surface area contributed by atoms with Gasteiger partial charge in [0.05, 0.1) is 17.6 Å². The standard InChI is InChI=1S/C14H17FN2O/c1-10(7-8-11-4-3-9-18-11)17-13-6-2-5-12(15)14(13)16/h2-6,9-10,17H,7-8,16H2,1H3. The van der Waals surface area contributed by atoms with Crippen LogP contribution in [-0.2, 0) is 6.42 Å². The summed E-state index contributed by atoms with van der Waals surface area (Å²) in [5, 5.41) is 3.21. The highest BCUT2D eigenvalue weighted by Crippen LogP contribution is 2.22. The van der Waals surface area contributed by atoms with Crippen molar-refractivity contribution in [3.05, 3.63) is 48.2 Å². The molecule has 2 rings (SSSR count). The van der Waals surface area contributed by atoms with Crippen LogP contribution in [-0.4, -0.2) is 6.04 Å². The average molecular weight is 248 g/mol. The van der Waals surface area contributed by atoms with Crippen LogP contribution in [0.15, 0.2) is 41.0 Å². The fourth-order valence-electron chi connectivity index (χ4n) is 1.81. The van der Waals surface area contributed by atoms with E-state index < -0.39 is 5.82 Å². The van der Waals surface area contributed by atoms with E-state index in [0.29, 0.717) is 5.69 Å². The third-order valence-electron chi connectivity index (χ3n) is 2.86. The van der Waals surface area contributed by atoms with Gasteiger partial charge in [0.2, 0.25) is 0 Å². The first-order valence-electron chi connectivity index (χ1n) is 5.99. The first-order valence-corrected chi connectivity index (χ1v) is 5.99. The second-order valence-corrected chi connectivity index (χ2v) is 4.36. The highest BCUT2D eigenvalue weighted by atomic mass is 19.1. The molecule has 18 heavy (non-hydrogen) atoms. The number of benzene rings is 1. The molecule has 0 aliphatic rings. The Labute approximate surface area is 106 Å². The number of furan rings is 1. The molecule has 0 aliphatic carbocycles. The molecule has 0 bridgehead atoms. The van der Waals surface area contributed by atoms with Crippen LogP contribution in [0.5, 0.6) is 0 Å². The largest absolute Gasteiger partial charge is 0.469 e. The van der Waals surface area contributed by atoms with Crippen LogP contribution < -0.4 is 11.1 Å². The molecule has 96 valence electrons. The van der Waals surface area contributed by atoms with Crippen molar-refractivity contribution in [2.45, 2.75) is 25.8 Å². The van der Waals surface area contributed by atoms with Crippen molar-refractivity contribution >= 4 is 11.4 Å². The molecule has 0 fully saturated rings. The van der Waals surface area contributed by atoms with Crippen LogP contribution in [0.2, 0.25) is 0 Å². The molecule has 1 aromatic carbocycles. The molecule has 1 unspecified atom stereocenters. The first kappa shape index (κ1) is 12.5. The number of anilines is 2. The number of nitrogens with two attached hydrogens (primary N) is 1. The number of nitrogens with one attached hydrogen (secondary N) is 1. The molecule has 2 aromatic rings. The van der Waals surface area contributed by atoms with E-state index in [9.17, 15) is 4.39 Å². The zero-order valence-electron chi connectivity index (χ0n) is 10.3. The number of aryl methyl sites for hydroxylation is 1. The van der Waals surface area contributed by atoms with Gasteiger partial charge in [-0.2, -0.15) is 0 Å². The normalized spacial score (nSPS) is 12.3. The molecule has 0 spiro atoms. The van der Waals surface area contributed by atoms with Crippen LogP contribution in [0, 0.1) is 5.82 Å². The molecule has 1 aromatic heterocycles. The van der Waals surface area contributed by atoms with E-state index in [-0.39, 0.29) is 11.7 Å². The van der Waals surface area contributed by atoms with E-state index in [2.05, 4.69) is 5.32 Å². The Hall–Kier alpha value is -1.97. The van der Waals surface area contributed by atoms with E-state index in [4.69, 9.17) is 10.2 Å². The van der Waals surface area contributed by atoms with Crippen molar-refractivity contribution in [3.63, 3.8) is 0 Å². The fraction of sp³-hybridized carbons (Fsp3) is 0.286. The topological polar surface area (TPSA) is 51.2 Å². The van der Waals surface area contributed by atoms with Gasteiger partial charge < -0.3 is 15.5 Å². The van der Waals surface area contributed by atoms with E-state index in [1.54, 1.807) is 18.4 Å². The molecule has 4 heteroatoms. The summed E-state index contributed by atoms with van der Waals surface area (Å²) in [6.45, 7) is 2.04. The Bertz CT molecular complexity index is 497. The summed E-state index contributed by atoms with van der Waals surface area (Å²) in [6, 6.07) is 8.80. The van der Waals surface area contributed by atoms with Crippen LogP contribution in [0.25, 0.3) is 0 Å². The summed E-state index contributed by atoms with van der Waals surface area (Å²) in [6.07, 6.45) is 3.40. The molecule has 0 saturated carbocycles. The maximum absolute atomic E-state index is 13.3. The number of para-hydroxylation sites is 1. The number of halogens is 1. The minimum atomic E-state index is -0.391. The molecule has 1 atom stereocenters. The van der Waals surface area contributed by atoms with E-state index >= 15 is 0 Å². The van der Waals surface area contributed by atoms with Gasteiger partial charge in [0, 0.05) is 12.5 Å². The Morgan fingerprint density at radius 2 is 2.17 bits per heavy atom. The SMILES string of the molecule is CC(CCc1ccco1)Nc1cccc(F)c1N. The second-order valence-electron chi connectivity index (χ2n) is 4.36. The molecule has 0 aliphatic heterocycles. The summed E-state index contributed by atoms with van der Waals surface area (Å²) in [4.78, 5) is 0. The number of hydrogen-bond acceptors (Lipinski definition) is 3. The fourth-order valence-corrected chi connectivity index (χ4v) is 1.81. The van der Waals surface area contributed by atoms with Crippen molar-refractivity contribution in [2.24, 2.45) is 0 Å². The summed E-state index contributed by atoms with van der Waals surface area (Å²) < 4.78 is 18.5.